The van der Waals surface area contributed by atoms with Gasteiger partial charge in [0, 0.05) is 12.8 Å². The minimum Gasteiger partial charge on any atom is -0.311 e. The van der Waals surface area contributed by atoms with Crippen LogP contribution in [0.1, 0.15) is 19.3 Å². The maximum Gasteiger partial charge on any atom is 0.253 e. The molecular weight excluding hydrogens is 150 g/mol. The van der Waals surface area contributed by atoms with E-state index in [1.807, 2.05) is 0 Å². The SMILES string of the molecule is [C-]#[N+]C1CCCC([N+]#[C-])C1N=C. The summed E-state index contributed by atoms with van der Waals surface area (Å²) in [5.41, 5.74) is 0. The Morgan fingerprint density at radius 2 is 1.67 bits per heavy atom. The molecule has 1 fully saturated rings. The van der Waals surface area contributed by atoms with Crippen LogP contribution in [-0.4, -0.2) is 24.8 Å². The van der Waals surface area contributed by atoms with Crippen LogP contribution in [0, 0.1) is 13.1 Å². The van der Waals surface area contributed by atoms with Gasteiger partial charge in [-0.3, -0.25) is 4.99 Å². The summed E-state index contributed by atoms with van der Waals surface area (Å²) < 4.78 is 0. The Morgan fingerprint density at radius 1 is 1.17 bits per heavy atom. The highest BCUT2D eigenvalue weighted by Crippen LogP contribution is 2.26. The predicted octanol–water partition coefficient (Wildman–Crippen LogP) is 1.82. The third-order valence-electron chi connectivity index (χ3n) is 2.33. The van der Waals surface area contributed by atoms with Crippen LogP contribution < -0.4 is 0 Å². The van der Waals surface area contributed by atoms with Crippen molar-refractivity contribution in [3.8, 4) is 0 Å². The molecule has 1 aliphatic carbocycles. The second kappa shape index (κ2) is 3.88. The summed E-state index contributed by atoms with van der Waals surface area (Å²) in [4.78, 5) is 10.8. The van der Waals surface area contributed by atoms with E-state index in [0.717, 1.165) is 19.3 Å². The van der Waals surface area contributed by atoms with Gasteiger partial charge in [-0.25, -0.2) is 13.1 Å². The Kier molecular flexibility index (Phi) is 2.82. The van der Waals surface area contributed by atoms with E-state index in [1.54, 1.807) is 0 Å². The molecule has 0 aromatic heterocycles. The van der Waals surface area contributed by atoms with Gasteiger partial charge in [-0.1, -0.05) is 0 Å². The van der Waals surface area contributed by atoms with Gasteiger partial charge >= 0.3 is 0 Å². The van der Waals surface area contributed by atoms with Crippen LogP contribution in [0.4, 0.5) is 0 Å². The second-order valence-corrected chi connectivity index (χ2v) is 3.00. The molecule has 0 N–H and O–H groups in total. The first-order chi connectivity index (χ1) is 5.83. The molecule has 0 amide bonds. The standard InChI is InChI=1S/C9H11N3/c1-10-7-5-4-6-8(11-2)9(7)12-3/h7-9H,3-6H2. The summed E-state index contributed by atoms with van der Waals surface area (Å²) in [7, 11) is 0. The largest absolute Gasteiger partial charge is 0.311 e. The van der Waals surface area contributed by atoms with Crippen LogP contribution in [0.15, 0.2) is 4.99 Å². The molecule has 0 aliphatic heterocycles. The van der Waals surface area contributed by atoms with E-state index in [1.165, 1.54) is 0 Å². The number of hydrogen-bond acceptors (Lipinski definition) is 1. The van der Waals surface area contributed by atoms with Gasteiger partial charge in [0.2, 0.25) is 0 Å². The topological polar surface area (TPSA) is 21.1 Å². The predicted molar refractivity (Wildman–Crippen MR) is 48.0 cm³/mol. The molecule has 2 unspecified atom stereocenters. The van der Waals surface area contributed by atoms with E-state index >= 15 is 0 Å². The van der Waals surface area contributed by atoms with Crippen molar-refractivity contribution in [2.45, 2.75) is 37.4 Å². The third-order valence-corrected chi connectivity index (χ3v) is 2.33. The Morgan fingerprint density at radius 3 is 2.00 bits per heavy atom. The van der Waals surface area contributed by atoms with Crippen molar-refractivity contribution >= 4 is 6.72 Å². The van der Waals surface area contributed by atoms with Crippen molar-refractivity contribution in [2.75, 3.05) is 0 Å². The Bertz CT molecular complexity index is 223. The molecule has 1 rings (SSSR count). The zero-order valence-electron chi connectivity index (χ0n) is 6.90. The maximum atomic E-state index is 6.93. The van der Waals surface area contributed by atoms with Crippen LogP contribution >= 0.6 is 0 Å². The monoisotopic (exact) mass is 161 g/mol. The number of rotatable bonds is 1. The zero-order valence-corrected chi connectivity index (χ0v) is 6.90. The van der Waals surface area contributed by atoms with Gasteiger partial charge in [-0.05, 0) is 13.1 Å². The lowest BCUT2D eigenvalue weighted by atomic mass is 9.87. The highest BCUT2D eigenvalue weighted by molar-refractivity contribution is 5.26. The molecule has 0 bridgehead atoms. The summed E-state index contributed by atoms with van der Waals surface area (Å²) in [6, 6.07) is -0.348. The van der Waals surface area contributed by atoms with Gasteiger partial charge in [0.05, 0.1) is 0 Å². The maximum absolute atomic E-state index is 6.93. The molecule has 12 heavy (non-hydrogen) atoms. The van der Waals surface area contributed by atoms with Gasteiger partial charge in [0.25, 0.3) is 12.1 Å². The fourth-order valence-electron chi connectivity index (χ4n) is 1.66. The highest BCUT2D eigenvalue weighted by Gasteiger charge is 2.40. The Labute approximate surface area is 72.8 Å². The Hall–Kier alpha value is -1.35. The molecule has 3 heteroatoms. The average molecular weight is 161 g/mol. The molecule has 1 aliphatic rings. The van der Waals surface area contributed by atoms with Gasteiger partial charge < -0.3 is 9.69 Å². The molecule has 0 aromatic rings. The smallest absolute Gasteiger partial charge is 0.253 e. The summed E-state index contributed by atoms with van der Waals surface area (Å²) in [6.45, 7) is 17.3. The van der Waals surface area contributed by atoms with E-state index in [4.69, 9.17) is 13.1 Å². The molecule has 1 saturated carbocycles. The van der Waals surface area contributed by atoms with Crippen LogP contribution in [0.2, 0.25) is 0 Å². The molecule has 62 valence electrons. The Balaban J connectivity index is 2.75. The van der Waals surface area contributed by atoms with Crippen molar-refractivity contribution in [1.29, 1.82) is 0 Å². The summed E-state index contributed by atoms with van der Waals surface area (Å²) in [5.74, 6) is 0. The lowest BCUT2D eigenvalue weighted by molar-refractivity contribution is 0.403. The van der Waals surface area contributed by atoms with Crippen molar-refractivity contribution < 1.29 is 0 Å². The average Bonchev–Trinajstić information content (AvgIpc) is 2.16. The van der Waals surface area contributed by atoms with E-state index in [-0.39, 0.29) is 18.1 Å². The van der Waals surface area contributed by atoms with Gasteiger partial charge in [-0.2, -0.15) is 0 Å². The highest BCUT2D eigenvalue weighted by atomic mass is 14.9. The molecule has 0 radical (unpaired) electrons. The van der Waals surface area contributed by atoms with Gasteiger partial charge in [0.1, 0.15) is 0 Å². The lowest BCUT2D eigenvalue weighted by Crippen LogP contribution is -2.36. The molecule has 3 nitrogen and oxygen atoms in total. The normalized spacial score (nSPS) is 34.7. The fraction of sp³-hybridized carbons (Fsp3) is 0.667. The second-order valence-electron chi connectivity index (χ2n) is 3.00. The number of aliphatic imine (C=N–C) groups is 1. The summed E-state index contributed by atoms with van der Waals surface area (Å²) in [6.07, 6.45) is 2.73. The van der Waals surface area contributed by atoms with Crippen LogP contribution in [-0.2, 0) is 0 Å². The first-order valence-electron chi connectivity index (χ1n) is 4.02. The minimum atomic E-state index is -0.145. The number of hydrogen-bond donors (Lipinski definition) is 0. The van der Waals surface area contributed by atoms with E-state index in [0.29, 0.717) is 0 Å². The zero-order chi connectivity index (χ0) is 8.97. The lowest BCUT2D eigenvalue weighted by Gasteiger charge is -2.20. The molecule has 0 heterocycles. The molecule has 0 spiro atoms. The quantitative estimate of drug-likeness (QED) is 0.413. The molecular formula is C9H11N3. The molecule has 0 saturated heterocycles. The first kappa shape index (κ1) is 8.74. The third kappa shape index (κ3) is 1.46. The van der Waals surface area contributed by atoms with Crippen LogP contribution in [0.25, 0.3) is 9.69 Å². The van der Waals surface area contributed by atoms with Gasteiger partial charge in [0.15, 0.2) is 6.04 Å². The first-order valence-corrected chi connectivity index (χ1v) is 4.02. The minimum absolute atomic E-state index is 0.102. The van der Waals surface area contributed by atoms with E-state index in [9.17, 15) is 0 Å². The summed E-state index contributed by atoms with van der Waals surface area (Å²) in [5, 5.41) is 0. The van der Waals surface area contributed by atoms with Crippen molar-refractivity contribution in [2.24, 2.45) is 4.99 Å². The van der Waals surface area contributed by atoms with Crippen molar-refractivity contribution in [1.82, 2.24) is 0 Å². The van der Waals surface area contributed by atoms with E-state index in [2.05, 4.69) is 21.4 Å². The molecule has 2 atom stereocenters. The van der Waals surface area contributed by atoms with E-state index < -0.39 is 0 Å². The van der Waals surface area contributed by atoms with Crippen LogP contribution in [0.3, 0.4) is 0 Å². The van der Waals surface area contributed by atoms with Crippen LogP contribution in [0.5, 0.6) is 0 Å². The fourth-order valence-corrected chi connectivity index (χ4v) is 1.66. The van der Waals surface area contributed by atoms with Gasteiger partial charge in [-0.15, -0.1) is 0 Å². The summed E-state index contributed by atoms with van der Waals surface area (Å²) >= 11 is 0. The van der Waals surface area contributed by atoms with Crippen molar-refractivity contribution in [3.63, 3.8) is 0 Å². The molecule has 0 aromatic carbocycles. The van der Waals surface area contributed by atoms with Crippen molar-refractivity contribution in [3.05, 3.63) is 22.8 Å². The number of nitrogens with zero attached hydrogens (tertiary/aromatic N) is 3.